The van der Waals surface area contributed by atoms with Crippen LogP contribution in [0.2, 0.25) is 0 Å². The van der Waals surface area contributed by atoms with E-state index in [2.05, 4.69) is 4.98 Å². The van der Waals surface area contributed by atoms with Crippen LogP contribution in [-0.2, 0) is 0 Å². The average molecular weight is 258 g/mol. The van der Waals surface area contributed by atoms with Gasteiger partial charge in [0.1, 0.15) is 5.75 Å². The first-order chi connectivity index (χ1) is 9.24. The van der Waals surface area contributed by atoms with Crippen LogP contribution in [0.15, 0.2) is 36.4 Å². The summed E-state index contributed by atoms with van der Waals surface area (Å²) in [5.74, 6) is 1.30. The van der Waals surface area contributed by atoms with E-state index in [0.29, 0.717) is 24.8 Å². The molecule has 1 aromatic carbocycles. The van der Waals surface area contributed by atoms with E-state index >= 15 is 0 Å². The number of hydrogen-bond acceptors (Lipinski definition) is 4. The van der Waals surface area contributed by atoms with Crippen LogP contribution >= 0.6 is 0 Å². The highest BCUT2D eigenvalue weighted by molar-refractivity contribution is 5.65. The van der Waals surface area contributed by atoms with Crippen molar-refractivity contribution in [1.82, 2.24) is 4.98 Å². The second-order valence-corrected chi connectivity index (χ2v) is 3.98. The molecule has 0 bridgehead atoms. The van der Waals surface area contributed by atoms with Gasteiger partial charge >= 0.3 is 0 Å². The molecule has 1 heterocycles. The van der Waals surface area contributed by atoms with Crippen LogP contribution in [0.4, 0.5) is 5.69 Å². The van der Waals surface area contributed by atoms with Crippen LogP contribution in [0, 0.1) is 0 Å². The molecule has 2 aromatic rings. The van der Waals surface area contributed by atoms with Gasteiger partial charge < -0.3 is 15.2 Å². The maximum absolute atomic E-state index is 5.82. The van der Waals surface area contributed by atoms with Crippen molar-refractivity contribution in [1.29, 1.82) is 0 Å². The van der Waals surface area contributed by atoms with Crippen LogP contribution in [0.1, 0.15) is 13.8 Å². The highest BCUT2D eigenvalue weighted by Crippen LogP contribution is 2.27. The third-order valence-corrected chi connectivity index (χ3v) is 2.61. The highest BCUT2D eigenvalue weighted by Gasteiger charge is 2.06. The van der Waals surface area contributed by atoms with Gasteiger partial charge in [0.05, 0.1) is 24.6 Å². The second kappa shape index (κ2) is 6.09. The predicted molar refractivity (Wildman–Crippen MR) is 76.4 cm³/mol. The minimum Gasteiger partial charge on any atom is -0.494 e. The van der Waals surface area contributed by atoms with Crippen LogP contribution in [0.25, 0.3) is 11.3 Å². The van der Waals surface area contributed by atoms with Crippen molar-refractivity contribution in [3.63, 3.8) is 0 Å². The maximum Gasteiger partial charge on any atom is 0.237 e. The number of nitrogens with two attached hydrogens (primary N) is 1. The van der Waals surface area contributed by atoms with Crippen LogP contribution in [0.3, 0.4) is 0 Å². The van der Waals surface area contributed by atoms with Crippen LogP contribution in [-0.4, -0.2) is 18.2 Å². The predicted octanol–water partition coefficient (Wildman–Crippen LogP) is 3.13. The van der Waals surface area contributed by atoms with E-state index in [9.17, 15) is 0 Å². The van der Waals surface area contributed by atoms with Crippen LogP contribution < -0.4 is 15.2 Å². The molecule has 2 N–H and O–H groups in total. The fourth-order valence-corrected chi connectivity index (χ4v) is 1.78. The fraction of sp³-hybridized carbons (Fsp3) is 0.267. The van der Waals surface area contributed by atoms with E-state index in [4.69, 9.17) is 15.2 Å². The Morgan fingerprint density at radius 3 is 2.58 bits per heavy atom. The lowest BCUT2D eigenvalue weighted by Gasteiger charge is -2.09. The third-order valence-electron chi connectivity index (χ3n) is 2.61. The van der Waals surface area contributed by atoms with Gasteiger partial charge in [-0.2, -0.15) is 0 Å². The first kappa shape index (κ1) is 13.2. The molecule has 0 fully saturated rings. The summed E-state index contributed by atoms with van der Waals surface area (Å²) in [5.41, 5.74) is 8.16. The van der Waals surface area contributed by atoms with E-state index < -0.39 is 0 Å². The van der Waals surface area contributed by atoms with Crippen molar-refractivity contribution in [2.75, 3.05) is 18.9 Å². The molecule has 4 nitrogen and oxygen atoms in total. The summed E-state index contributed by atoms with van der Waals surface area (Å²) >= 11 is 0. The Labute approximate surface area is 113 Å². The smallest absolute Gasteiger partial charge is 0.237 e. The van der Waals surface area contributed by atoms with E-state index in [-0.39, 0.29) is 0 Å². The monoisotopic (exact) mass is 258 g/mol. The zero-order valence-corrected chi connectivity index (χ0v) is 11.2. The second-order valence-electron chi connectivity index (χ2n) is 3.98. The Bertz CT molecular complexity index is 556. The number of pyridine rings is 1. The molecular formula is C15H18N2O2. The Morgan fingerprint density at radius 2 is 1.84 bits per heavy atom. The number of ether oxygens (including phenoxy) is 2. The normalized spacial score (nSPS) is 10.2. The maximum atomic E-state index is 5.82. The molecule has 0 radical (unpaired) electrons. The highest BCUT2D eigenvalue weighted by atomic mass is 16.5. The lowest BCUT2D eigenvalue weighted by Crippen LogP contribution is -2.00. The van der Waals surface area contributed by atoms with Gasteiger partial charge in [0.25, 0.3) is 0 Å². The number of aromatic nitrogens is 1. The third kappa shape index (κ3) is 3.16. The van der Waals surface area contributed by atoms with Gasteiger partial charge in [-0.15, -0.1) is 0 Å². The Balaban J connectivity index is 2.35. The van der Waals surface area contributed by atoms with E-state index in [1.54, 1.807) is 6.07 Å². The molecule has 0 aliphatic heterocycles. The molecule has 4 heteroatoms. The van der Waals surface area contributed by atoms with Crippen molar-refractivity contribution in [3.8, 4) is 22.9 Å². The van der Waals surface area contributed by atoms with Gasteiger partial charge in [0, 0.05) is 5.56 Å². The van der Waals surface area contributed by atoms with Gasteiger partial charge in [0.15, 0.2) is 0 Å². The first-order valence-electron chi connectivity index (χ1n) is 6.37. The molecule has 1 aromatic heterocycles. The zero-order chi connectivity index (χ0) is 13.7. The summed E-state index contributed by atoms with van der Waals surface area (Å²) in [5, 5.41) is 0. The van der Waals surface area contributed by atoms with Gasteiger partial charge in [0.2, 0.25) is 5.88 Å². The molecule has 0 spiro atoms. The first-order valence-corrected chi connectivity index (χ1v) is 6.37. The quantitative estimate of drug-likeness (QED) is 0.895. The summed E-state index contributed by atoms with van der Waals surface area (Å²) in [4.78, 5) is 4.43. The van der Waals surface area contributed by atoms with Gasteiger partial charge in [-0.3, -0.25) is 0 Å². The van der Waals surface area contributed by atoms with E-state index in [1.807, 2.05) is 44.2 Å². The molecule has 100 valence electrons. The number of nitrogens with zero attached hydrogens (tertiary/aromatic N) is 1. The minimum absolute atomic E-state index is 0.474. The molecule has 0 aliphatic carbocycles. The van der Waals surface area contributed by atoms with Crippen LogP contribution in [0.5, 0.6) is 11.6 Å². The standard InChI is InChI=1S/C15H18N2O2/c1-3-18-12-7-5-6-11(10-12)14-9-8-13(16)15(17-14)19-4-2/h5-10H,3-4,16H2,1-2H3. The summed E-state index contributed by atoms with van der Waals surface area (Å²) in [7, 11) is 0. The van der Waals surface area contributed by atoms with Gasteiger partial charge in [-0.25, -0.2) is 4.98 Å². The molecule has 0 unspecified atom stereocenters. The number of anilines is 1. The van der Waals surface area contributed by atoms with Crippen molar-refractivity contribution in [2.45, 2.75) is 13.8 Å². The number of nitrogen functional groups attached to an aromatic ring is 1. The van der Waals surface area contributed by atoms with Crippen molar-refractivity contribution in [3.05, 3.63) is 36.4 Å². The van der Waals surface area contributed by atoms with Crippen molar-refractivity contribution < 1.29 is 9.47 Å². The zero-order valence-electron chi connectivity index (χ0n) is 11.2. The molecule has 0 saturated carbocycles. The SMILES string of the molecule is CCOc1cccc(-c2ccc(N)c(OCC)n2)c1. The Morgan fingerprint density at radius 1 is 1.05 bits per heavy atom. The molecule has 0 aliphatic rings. The van der Waals surface area contributed by atoms with E-state index in [0.717, 1.165) is 17.0 Å². The Hall–Kier alpha value is -2.23. The van der Waals surface area contributed by atoms with Gasteiger partial charge in [-0.05, 0) is 38.1 Å². The van der Waals surface area contributed by atoms with E-state index in [1.165, 1.54) is 0 Å². The number of hydrogen-bond donors (Lipinski definition) is 1. The Kier molecular flexibility index (Phi) is 4.23. The molecular weight excluding hydrogens is 240 g/mol. The topological polar surface area (TPSA) is 57.4 Å². The van der Waals surface area contributed by atoms with Gasteiger partial charge in [-0.1, -0.05) is 12.1 Å². The molecule has 0 atom stereocenters. The largest absolute Gasteiger partial charge is 0.494 e. The molecule has 2 rings (SSSR count). The minimum atomic E-state index is 0.474. The lowest BCUT2D eigenvalue weighted by molar-refractivity contribution is 0.329. The molecule has 19 heavy (non-hydrogen) atoms. The fourth-order valence-electron chi connectivity index (χ4n) is 1.78. The lowest BCUT2D eigenvalue weighted by atomic mass is 10.1. The summed E-state index contributed by atoms with van der Waals surface area (Å²) in [6, 6.07) is 11.5. The number of rotatable bonds is 5. The average Bonchev–Trinajstić information content (AvgIpc) is 2.42. The summed E-state index contributed by atoms with van der Waals surface area (Å²) in [6.07, 6.45) is 0. The summed E-state index contributed by atoms with van der Waals surface area (Å²) < 4.78 is 10.9. The molecule has 0 amide bonds. The number of benzene rings is 1. The summed E-state index contributed by atoms with van der Waals surface area (Å²) in [6.45, 7) is 5.05. The van der Waals surface area contributed by atoms with Crippen molar-refractivity contribution >= 4 is 5.69 Å². The van der Waals surface area contributed by atoms with Crippen molar-refractivity contribution in [2.24, 2.45) is 0 Å². The molecule has 0 saturated heterocycles.